The van der Waals surface area contributed by atoms with Crippen molar-refractivity contribution in [3.8, 4) is 0 Å². The van der Waals surface area contributed by atoms with Crippen LogP contribution in [0.2, 0.25) is 0 Å². The summed E-state index contributed by atoms with van der Waals surface area (Å²) in [6, 6.07) is 0. The standard InChI is InChI=1S/C12H21ClN2O5S/c1-12(2,3)19-11(16)15-6-4-10(5-7-15)8-14-20-21(17,18)9-13/h8,10H,4-7,9H2,1-3H3. The summed E-state index contributed by atoms with van der Waals surface area (Å²) in [5.74, 6) is 0.0641. The van der Waals surface area contributed by atoms with Gasteiger partial charge in [-0.2, -0.15) is 8.42 Å². The van der Waals surface area contributed by atoms with Gasteiger partial charge in [-0.25, -0.2) is 4.79 Å². The van der Waals surface area contributed by atoms with Crippen LogP contribution >= 0.6 is 11.6 Å². The Morgan fingerprint density at radius 1 is 1.38 bits per heavy atom. The lowest BCUT2D eigenvalue weighted by molar-refractivity contribution is 0.0202. The second-order valence-corrected chi connectivity index (χ2v) is 7.94. The number of ether oxygens (including phenoxy) is 1. The van der Waals surface area contributed by atoms with E-state index in [1.807, 2.05) is 20.8 Å². The van der Waals surface area contributed by atoms with Gasteiger partial charge in [0.2, 0.25) is 0 Å². The molecular formula is C12H21ClN2O5S. The van der Waals surface area contributed by atoms with Crippen LogP contribution < -0.4 is 0 Å². The predicted octanol–water partition coefficient (Wildman–Crippen LogP) is 2.16. The molecule has 21 heavy (non-hydrogen) atoms. The molecule has 0 aromatic carbocycles. The Labute approximate surface area is 130 Å². The normalized spacial score (nSPS) is 18.0. The van der Waals surface area contributed by atoms with E-state index in [9.17, 15) is 13.2 Å². The summed E-state index contributed by atoms with van der Waals surface area (Å²) in [6.45, 7) is 6.53. The third-order valence-electron chi connectivity index (χ3n) is 2.75. The van der Waals surface area contributed by atoms with Gasteiger partial charge in [-0.3, -0.25) is 4.28 Å². The van der Waals surface area contributed by atoms with Crippen molar-refractivity contribution < 1.29 is 22.2 Å². The van der Waals surface area contributed by atoms with Crippen molar-refractivity contribution in [2.75, 3.05) is 18.3 Å². The molecule has 1 aliphatic rings. The molecule has 1 rings (SSSR count). The number of carbonyl (C=O) groups is 1. The Morgan fingerprint density at radius 3 is 2.43 bits per heavy atom. The van der Waals surface area contributed by atoms with E-state index < -0.39 is 20.9 Å². The van der Waals surface area contributed by atoms with Crippen LogP contribution in [-0.4, -0.2) is 49.5 Å². The molecule has 1 amide bonds. The van der Waals surface area contributed by atoms with Gasteiger partial charge >= 0.3 is 16.2 Å². The highest BCUT2D eigenvalue weighted by molar-refractivity contribution is 7.87. The first-order chi connectivity index (χ1) is 9.63. The second kappa shape index (κ2) is 7.31. The molecule has 0 aromatic rings. The number of hydrogen-bond acceptors (Lipinski definition) is 6. The highest BCUT2D eigenvalue weighted by Crippen LogP contribution is 2.18. The first-order valence-electron chi connectivity index (χ1n) is 6.61. The van der Waals surface area contributed by atoms with Crippen LogP contribution in [0.15, 0.2) is 5.16 Å². The molecule has 1 fully saturated rings. The Balaban J connectivity index is 2.39. The van der Waals surface area contributed by atoms with E-state index >= 15 is 0 Å². The maximum absolute atomic E-state index is 11.9. The summed E-state index contributed by atoms with van der Waals surface area (Å²) in [7, 11) is -3.78. The van der Waals surface area contributed by atoms with Crippen LogP contribution in [0.25, 0.3) is 0 Å². The molecule has 122 valence electrons. The Bertz CT molecular complexity index is 478. The van der Waals surface area contributed by atoms with Gasteiger partial charge in [0.25, 0.3) is 0 Å². The molecule has 0 aromatic heterocycles. The number of hydrogen-bond donors (Lipinski definition) is 0. The lowest BCUT2D eigenvalue weighted by Crippen LogP contribution is -2.41. The zero-order valence-electron chi connectivity index (χ0n) is 12.4. The van der Waals surface area contributed by atoms with Gasteiger partial charge < -0.3 is 9.64 Å². The van der Waals surface area contributed by atoms with Crippen molar-refractivity contribution in [1.29, 1.82) is 0 Å². The average Bonchev–Trinajstić information content (AvgIpc) is 2.37. The van der Waals surface area contributed by atoms with Gasteiger partial charge in [0.15, 0.2) is 5.21 Å². The number of piperidine rings is 1. The van der Waals surface area contributed by atoms with E-state index in [1.165, 1.54) is 6.21 Å². The number of alkyl halides is 1. The van der Waals surface area contributed by atoms with Crippen molar-refractivity contribution in [1.82, 2.24) is 4.90 Å². The number of rotatable bonds is 4. The molecule has 0 aliphatic carbocycles. The van der Waals surface area contributed by atoms with Crippen LogP contribution in [0.3, 0.4) is 0 Å². The monoisotopic (exact) mass is 340 g/mol. The van der Waals surface area contributed by atoms with Crippen molar-refractivity contribution in [2.45, 2.75) is 39.2 Å². The molecule has 0 N–H and O–H groups in total. The first-order valence-corrected chi connectivity index (χ1v) is 8.73. The summed E-state index contributed by atoms with van der Waals surface area (Å²) in [5.41, 5.74) is -0.515. The number of carbonyl (C=O) groups excluding carboxylic acids is 1. The van der Waals surface area contributed by atoms with E-state index in [0.29, 0.717) is 25.9 Å². The minimum Gasteiger partial charge on any atom is -0.444 e. The van der Waals surface area contributed by atoms with Crippen LogP contribution in [0.1, 0.15) is 33.6 Å². The molecule has 7 nitrogen and oxygen atoms in total. The number of amides is 1. The SMILES string of the molecule is CC(C)(C)OC(=O)N1CCC(C=NOS(=O)(=O)CCl)CC1. The fraction of sp³-hybridized carbons (Fsp3) is 0.833. The maximum atomic E-state index is 11.9. The van der Waals surface area contributed by atoms with Gasteiger partial charge in [-0.05, 0) is 33.6 Å². The predicted molar refractivity (Wildman–Crippen MR) is 79.7 cm³/mol. The van der Waals surface area contributed by atoms with E-state index in [-0.39, 0.29) is 12.0 Å². The van der Waals surface area contributed by atoms with Crippen molar-refractivity contribution in [2.24, 2.45) is 11.1 Å². The zero-order valence-corrected chi connectivity index (χ0v) is 14.0. The molecule has 0 atom stereocenters. The molecule has 0 saturated carbocycles. The average molecular weight is 341 g/mol. The fourth-order valence-corrected chi connectivity index (χ4v) is 2.09. The Hall–Kier alpha value is -1.02. The number of halogens is 1. The Morgan fingerprint density at radius 2 is 1.95 bits per heavy atom. The molecule has 1 saturated heterocycles. The van der Waals surface area contributed by atoms with Crippen LogP contribution in [-0.2, 0) is 19.1 Å². The molecule has 0 spiro atoms. The summed E-state index contributed by atoms with van der Waals surface area (Å²) in [4.78, 5) is 13.5. The molecule has 0 bridgehead atoms. The van der Waals surface area contributed by atoms with Crippen molar-refractivity contribution in [3.63, 3.8) is 0 Å². The topological polar surface area (TPSA) is 85.3 Å². The first kappa shape index (κ1) is 18.0. The van der Waals surface area contributed by atoms with Gasteiger partial charge in [0, 0.05) is 25.2 Å². The third kappa shape index (κ3) is 6.99. The smallest absolute Gasteiger partial charge is 0.410 e. The molecule has 0 unspecified atom stereocenters. The van der Waals surface area contributed by atoms with Crippen molar-refractivity contribution in [3.05, 3.63) is 0 Å². The van der Waals surface area contributed by atoms with Gasteiger partial charge in [0.1, 0.15) is 5.60 Å². The second-order valence-electron chi connectivity index (χ2n) is 5.80. The van der Waals surface area contributed by atoms with Crippen LogP contribution in [0.4, 0.5) is 4.79 Å². The molecular weight excluding hydrogens is 320 g/mol. The lowest BCUT2D eigenvalue weighted by atomic mass is 9.99. The number of nitrogens with zero attached hydrogens (tertiary/aromatic N) is 2. The van der Waals surface area contributed by atoms with Gasteiger partial charge in [-0.1, -0.05) is 5.16 Å². The summed E-state index contributed by atoms with van der Waals surface area (Å²) >= 11 is 5.18. The lowest BCUT2D eigenvalue weighted by Gasteiger charge is -2.32. The van der Waals surface area contributed by atoms with Crippen LogP contribution in [0, 0.1) is 5.92 Å². The minimum atomic E-state index is -3.78. The molecule has 9 heteroatoms. The largest absolute Gasteiger partial charge is 0.444 e. The van der Waals surface area contributed by atoms with E-state index in [4.69, 9.17) is 16.3 Å². The molecule has 0 radical (unpaired) electrons. The highest BCUT2D eigenvalue weighted by Gasteiger charge is 2.26. The summed E-state index contributed by atoms with van der Waals surface area (Å²) in [5, 5.41) is 2.80. The van der Waals surface area contributed by atoms with Crippen LogP contribution in [0.5, 0.6) is 0 Å². The molecule has 1 heterocycles. The molecule has 1 aliphatic heterocycles. The maximum Gasteiger partial charge on any atom is 0.410 e. The van der Waals surface area contributed by atoms with E-state index in [2.05, 4.69) is 9.44 Å². The third-order valence-corrected chi connectivity index (χ3v) is 4.14. The highest BCUT2D eigenvalue weighted by atomic mass is 35.5. The quantitative estimate of drug-likeness (QED) is 0.444. The minimum absolute atomic E-state index is 0.0641. The van der Waals surface area contributed by atoms with E-state index in [0.717, 1.165) is 0 Å². The van der Waals surface area contributed by atoms with Gasteiger partial charge in [0.05, 0.1) is 0 Å². The van der Waals surface area contributed by atoms with Crippen molar-refractivity contribution >= 4 is 34.0 Å². The number of oxime groups is 1. The number of likely N-dealkylation sites (tertiary alicyclic amines) is 1. The van der Waals surface area contributed by atoms with Gasteiger partial charge in [-0.15, -0.1) is 11.6 Å². The zero-order chi connectivity index (χ0) is 16.1. The summed E-state index contributed by atoms with van der Waals surface area (Å²) in [6.07, 6.45) is 2.45. The van der Waals surface area contributed by atoms with E-state index in [1.54, 1.807) is 4.90 Å². The summed E-state index contributed by atoms with van der Waals surface area (Å²) < 4.78 is 31.6. The Kier molecular flexibility index (Phi) is 6.27. The fourth-order valence-electron chi connectivity index (χ4n) is 1.75.